The van der Waals surface area contributed by atoms with Gasteiger partial charge in [0, 0.05) is 11.6 Å². The Morgan fingerprint density at radius 3 is 2.76 bits per heavy atom. The van der Waals surface area contributed by atoms with Crippen LogP contribution < -0.4 is 9.47 Å². The standard InChI is InChI=1S/C12H11N3O2/c1-16-8-3-4-9(11(5-8)17-2)12-10(6-13)14-7-15-12/h3-5,7H,1-2H3,(H,14,15). The van der Waals surface area contributed by atoms with Crippen molar-refractivity contribution in [3.05, 3.63) is 30.2 Å². The van der Waals surface area contributed by atoms with Crippen LogP contribution in [0.15, 0.2) is 24.5 Å². The van der Waals surface area contributed by atoms with Crippen LogP contribution in [0.2, 0.25) is 0 Å². The van der Waals surface area contributed by atoms with Crippen LogP contribution in [0.1, 0.15) is 5.69 Å². The molecule has 17 heavy (non-hydrogen) atoms. The zero-order chi connectivity index (χ0) is 12.3. The molecule has 0 bridgehead atoms. The summed E-state index contributed by atoms with van der Waals surface area (Å²) in [5.74, 6) is 1.33. The molecule has 0 saturated carbocycles. The number of aromatic nitrogens is 2. The molecular formula is C12H11N3O2. The number of nitrogens with one attached hydrogen (secondary N) is 1. The van der Waals surface area contributed by atoms with Gasteiger partial charge < -0.3 is 14.5 Å². The Kier molecular flexibility index (Phi) is 2.97. The summed E-state index contributed by atoms with van der Waals surface area (Å²) in [5, 5.41) is 8.93. The third-order valence-electron chi connectivity index (χ3n) is 2.42. The minimum Gasteiger partial charge on any atom is -0.497 e. The first-order valence-corrected chi connectivity index (χ1v) is 4.96. The molecule has 1 aromatic heterocycles. The van der Waals surface area contributed by atoms with E-state index in [-0.39, 0.29) is 0 Å². The van der Waals surface area contributed by atoms with E-state index in [1.165, 1.54) is 6.33 Å². The van der Waals surface area contributed by atoms with Gasteiger partial charge in [0.05, 0.1) is 26.2 Å². The van der Waals surface area contributed by atoms with Gasteiger partial charge >= 0.3 is 0 Å². The summed E-state index contributed by atoms with van der Waals surface area (Å²) in [4.78, 5) is 6.86. The molecular weight excluding hydrogens is 218 g/mol. The van der Waals surface area contributed by atoms with E-state index in [9.17, 15) is 0 Å². The van der Waals surface area contributed by atoms with Crippen molar-refractivity contribution in [3.8, 4) is 28.8 Å². The molecule has 5 heteroatoms. The first kappa shape index (κ1) is 11.0. The zero-order valence-electron chi connectivity index (χ0n) is 9.52. The molecule has 0 unspecified atom stereocenters. The highest BCUT2D eigenvalue weighted by atomic mass is 16.5. The maximum Gasteiger partial charge on any atom is 0.166 e. The summed E-state index contributed by atoms with van der Waals surface area (Å²) in [6.07, 6.45) is 1.48. The van der Waals surface area contributed by atoms with Crippen molar-refractivity contribution < 1.29 is 9.47 Å². The van der Waals surface area contributed by atoms with E-state index in [1.807, 2.05) is 12.1 Å². The lowest BCUT2D eigenvalue weighted by atomic mass is 10.1. The number of rotatable bonds is 3. The highest BCUT2D eigenvalue weighted by Crippen LogP contribution is 2.33. The van der Waals surface area contributed by atoms with Gasteiger partial charge in [0.2, 0.25) is 0 Å². The van der Waals surface area contributed by atoms with Gasteiger partial charge in [-0.1, -0.05) is 0 Å². The van der Waals surface area contributed by atoms with Crippen molar-refractivity contribution in [3.63, 3.8) is 0 Å². The first-order valence-electron chi connectivity index (χ1n) is 4.96. The monoisotopic (exact) mass is 229 g/mol. The molecule has 2 aromatic rings. The number of aromatic amines is 1. The van der Waals surface area contributed by atoms with Gasteiger partial charge in [-0.15, -0.1) is 0 Å². The van der Waals surface area contributed by atoms with Gasteiger partial charge in [0.15, 0.2) is 5.69 Å². The van der Waals surface area contributed by atoms with Crippen molar-refractivity contribution in [1.29, 1.82) is 5.26 Å². The lowest BCUT2D eigenvalue weighted by Crippen LogP contribution is -1.92. The Balaban J connectivity index is 2.56. The maximum absolute atomic E-state index is 8.93. The fourth-order valence-electron chi connectivity index (χ4n) is 1.59. The summed E-state index contributed by atoms with van der Waals surface area (Å²) in [6, 6.07) is 7.42. The van der Waals surface area contributed by atoms with Crippen molar-refractivity contribution in [2.75, 3.05) is 14.2 Å². The largest absolute Gasteiger partial charge is 0.497 e. The Morgan fingerprint density at radius 2 is 2.12 bits per heavy atom. The molecule has 86 valence electrons. The van der Waals surface area contributed by atoms with Crippen molar-refractivity contribution in [2.45, 2.75) is 0 Å². The van der Waals surface area contributed by atoms with Crippen molar-refractivity contribution >= 4 is 0 Å². The fraction of sp³-hybridized carbons (Fsp3) is 0.167. The molecule has 0 saturated heterocycles. The minimum atomic E-state index is 0.341. The van der Waals surface area contributed by atoms with Gasteiger partial charge in [-0.3, -0.25) is 0 Å². The molecule has 1 heterocycles. The molecule has 0 atom stereocenters. The van der Waals surface area contributed by atoms with Crippen LogP contribution in [0.4, 0.5) is 0 Å². The lowest BCUT2D eigenvalue weighted by molar-refractivity contribution is 0.395. The van der Waals surface area contributed by atoms with E-state index in [0.29, 0.717) is 22.9 Å². The summed E-state index contributed by atoms with van der Waals surface area (Å²) < 4.78 is 10.4. The number of ether oxygens (including phenoxy) is 2. The summed E-state index contributed by atoms with van der Waals surface area (Å²) in [5.41, 5.74) is 1.77. The normalized spacial score (nSPS) is 9.71. The topological polar surface area (TPSA) is 70.9 Å². The Hall–Kier alpha value is -2.48. The van der Waals surface area contributed by atoms with Gasteiger partial charge in [0.1, 0.15) is 17.6 Å². The number of benzene rings is 1. The van der Waals surface area contributed by atoms with E-state index in [4.69, 9.17) is 14.7 Å². The smallest absolute Gasteiger partial charge is 0.166 e. The van der Waals surface area contributed by atoms with Gasteiger partial charge in [-0.05, 0) is 12.1 Å². The number of hydrogen-bond donors (Lipinski definition) is 1. The first-order chi connectivity index (χ1) is 8.30. The SMILES string of the molecule is COc1ccc(-c2[nH]cnc2C#N)c(OC)c1. The van der Waals surface area contributed by atoms with Gasteiger partial charge in [0.25, 0.3) is 0 Å². The maximum atomic E-state index is 8.93. The van der Waals surface area contributed by atoms with Crippen LogP contribution in [0, 0.1) is 11.3 Å². The number of hydrogen-bond acceptors (Lipinski definition) is 4. The summed E-state index contributed by atoms with van der Waals surface area (Å²) in [6.45, 7) is 0. The molecule has 2 rings (SSSR count). The van der Waals surface area contributed by atoms with Gasteiger partial charge in [-0.25, -0.2) is 4.98 Å². The number of methoxy groups -OCH3 is 2. The molecule has 0 fully saturated rings. The average molecular weight is 229 g/mol. The predicted molar refractivity (Wildman–Crippen MR) is 61.8 cm³/mol. The molecule has 1 N–H and O–H groups in total. The third kappa shape index (κ3) is 1.93. The summed E-state index contributed by atoms with van der Waals surface area (Å²) in [7, 11) is 3.16. The van der Waals surface area contributed by atoms with Crippen molar-refractivity contribution in [1.82, 2.24) is 9.97 Å². The highest BCUT2D eigenvalue weighted by Gasteiger charge is 2.13. The van der Waals surface area contributed by atoms with E-state index in [2.05, 4.69) is 9.97 Å². The second-order valence-corrected chi connectivity index (χ2v) is 3.30. The quantitative estimate of drug-likeness (QED) is 0.873. The number of imidazole rings is 1. The van der Waals surface area contributed by atoms with Gasteiger partial charge in [-0.2, -0.15) is 5.26 Å². The van der Waals surface area contributed by atoms with E-state index >= 15 is 0 Å². The van der Waals surface area contributed by atoms with E-state index in [0.717, 1.165) is 5.56 Å². The predicted octanol–water partition coefficient (Wildman–Crippen LogP) is 1.97. The molecule has 0 aliphatic rings. The third-order valence-corrected chi connectivity index (χ3v) is 2.42. The highest BCUT2D eigenvalue weighted by molar-refractivity contribution is 5.72. The molecule has 1 aromatic carbocycles. The van der Waals surface area contributed by atoms with Crippen LogP contribution in [0.25, 0.3) is 11.3 Å². The molecule has 5 nitrogen and oxygen atoms in total. The number of nitriles is 1. The Bertz CT molecular complexity index is 569. The molecule has 0 amide bonds. The molecule has 0 spiro atoms. The van der Waals surface area contributed by atoms with Crippen LogP contribution in [0.3, 0.4) is 0 Å². The second-order valence-electron chi connectivity index (χ2n) is 3.30. The molecule has 0 radical (unpaired) electrons. The average Bonchev–Trinajstić information content (AvgIpc) is 2.85. The van der Waals surface area contributed by atoms with Crippen molar-refractivity contribution in [2.24, 2.45) is 0 Å². The van der Waals surface area contributed by atoms with E-state index < -0.39 is 0 Å². The minimum absolute atomic E-state index is 0.341. The van der Waals surface area contributed by atoms with Crippen LogP contribution >= 0.6 is 0 Å². The number of H-pyrrole nitrogens is 1. The molecule has 0 aliphatic carbocycles. The second kappa shape index (κ2) is 4.58. The lowest BCUT2D eigenvalue weighted by Gasteiger charge is -2.09. The Morgan fingerprint density at radius 1 is 1.29 bits per heavy atom. The van der Waals surface area contributed by atoms with Crippen LogP contribution in [0.5, 0.6) is 11.5 Å². The van der Waals surface area contributed by atoms with E-state index in [1.54, 1.807) is 26.4 Å². The molecule has 0 aliphatic heterocycles. The fourth-order valence-corrected chi connectivity index (χ4v) is 1.59. The summed E-state index contributed by atoms with van der Waals surface area (Å²) >= 11 is 0. The van der Waals surface area contributed by atoms with Crippen LogP contribution in [-0.4, -0.2) is 24.2 Å². The number of nitrogens with zero attached hydrogens (tertiary/aromatic N) is 2. The zero-order valence-corrected chi connectivity index (χ0v) is 9.52. The Labute approximate surface area is 98.6 Å². The van der Waals surface area contributed by atoms with Crippen LogP contribution in [-0.2, 0) is 0 Å².